The first-order chi connectivity index (χ1) is 6.25. The Bertz CT molecular complexity index is 297. The number of pyridine rings is 1. The summed E-state index contributed by atoms with van der Waals surface area (Å²) in [6.07, 6.45) is 5.64. The highest BCUT2D eigenvalue weighted by Gasteiger charge is 2.24. The Morgan fingerprint density at radius 1 is 1.62 bits per heavy atom. The summed E-state index contributed by atoms with van der Waals surface area (Å²) in [7, 11) is 0. The van der Waals surface area contributed by atoms with Crippen molar-refractivity contribution in [3.63, 3.8) is 0 Å². The van der Waals surface area contributed by atoms with E-state index in [1.165, 1.54) is 18.4 Å². The number of aromatic nitrogens is 1. The van der Waals surface area contributed by atoms with E-state index in [9.17, 15) is 0 Å². The first-order valence-electron chi connectivity index (χ1n) is 4.63. The highest BCUT2D eigenvalue weighted by atomic mass is 79.9. The van der Waals surface area contributed by atoms with Crippen LogP contribution in [0.5, 0.6) is 0 Å². The molecule has 70 valence electrons. The lowest BCUT2D eigenvalue weighted by molar-refractivity contribution is 0.596. The third-order valence-electron chi connectivity index (χ3n) is 2.46. The Hall–Kier alpha value is -0.410. The third-order valence-corrected chi connectivity index (χ3v) is 2.90. The van der Waals surface area contributed by atoms with Gasteiger partial charge in [0.2, 0.25) is 0 Å². The molecule has 1 fully saturated rings. The summed E-state index contributed by atoms with van der Waals surface area (Å²) in [5.41, 5.74) is 7.24. The van der Waals surface area contributed by atoms with Gasteiger partial charge in [0.05, 0.1) is 0 Å². The van der Waals surface area contributed by atoms with Crippen molar-refractivity contribution < 1.29 is 0 Å². The zero-order chi connectivity index (χ0) is 9.26. The zero-order valence-electron chi connectivity index (χ0n) is 7.41. The summed E-state index contributed by atoms with van der Waals surface area (Å²) in [5, 5.41) is 0. The van der Waals surface area contributed by atoms with Gasteiger partial charge >= 0.3 is 0 Å². The monoisotopic (exact) mass is 240 g/mol. The van der Waals surface area contributed by atoms with Gasteiger partial charge in [-0.15, -0.1) is 0 Å². The van der Waals surface area contributed by atoms with E-state index in [2.05, 4.69) is 20.9 Å². The zero-order valence-corrected chi connectivity index (χ0v) is 9.00. The number of nitrogens with zero attached hydrogens (tertiary/aromatic N) is 1. The van der Waals surface area contributed by atoms with Crippen LogP contribution in [0.2, 0.25) is 0 Å². The molecule has 1 heterocycles. The Morgan fingerprint density at radius 2 is 2.38 bits per heavy atom. The highest BCUT2D eigenvalue weighted by molar-refractivity contribution is 9.10. The fourth-order valence-electron chi connectivity index (χ4n) is 1.50. The second-order valence-electron chi connectivity index (χ2n) is 3.70. The molecule has 0 unspecified atom stereocenters. The van der Waals surface area contributed by atoms with Gasteiger partial charge in [0.1, 0.15) is 4.60 Å². The van der Waals surface area contributed by atoms with Crippen molar-refractivity contribution in [1.29, 1.82) is 0 Å². The Labute approximate surface area is 86.7 Å². The largest absolute Gasteiger partial charge is 0.324 e. The van der Waals surface area contributed by atoms with E-state index >= 15 is 0 Å². The number of hydrogen-bond acceptors (Lipinski definition) is 2. The standard InChI is InChI=1S/C10H13BrN2/c11-10-6-8(3-4-13-10)9(12)5-7-1-2-7/h3-4,6-7,9H,1-2,5,12H2/t9-/m1/s1. The number of rotatable bonds is 3. The minimum atomic E-state index is 0.187. The number of halogens is 1. The second kappa shape index (κ2) is 3.76. The van der Waals surface area contributed by atoms with Crippen molar-refractivity contribution in [2.24, 2.45) is 11.7 Å². The van der Waals surface area contributed by atoms with Crippen LogP contribution >= 0.6 is 15.9 Å². The van der Waals surface area contributed by atoms with Crippen LogP contribution in [0.25, 0.3) is 0 Å². The molecule has 1 aliphatic rings. The van der Waals surface area contributed by atoms with Gasteiger partial charge in [-0.2, -0.15) is 0 Å². The van der Waals surface area contributed by atoms with E-state index in [0.29, 0.717) is 0 Å². The molecule has 0 spiro atoms. The lowest BCUT2D eigenvalue weighted by Gasteiger charge is -2.10. The molecule has 2 nitrogen and oxygen atoms in total. The van der Waals surface area contributed by atoms with Gasteiger partial charge in [-0.3, -0.25) is 0 Å². The van der Waals surface area contributed by atoms with Crippen LogP contribution in [0.15, 0.2) is 22.9 Å². The Morgan fingerprint density at radius 3 is 3.00 bits per heavy atom. The molecule has 0 aromatic carbocycles. The summed E-state index contributed by atoms with van der Waals surface area (Å²) < 4.78 is 0.872. The normalized spacial score (nSPS) is 18.6. The molecule has 0 radical (unpaired) electrons. The molecular weight excluding hydrogens is 228 g/mol. The van der Waals surface area contributed by atoms with Crippen LogP contribution in [-0.2, 0) is 0 Å². The molecule has 0 amide bonds. The molecule has 3 heteroatoms. The maximum Gasteiger partial charge on any atom is 0.106 e. The fraction of sp³-hybridized carbons (Fsp3) is 0.500. The average molecular weight is 241 g/mol. The maximum absolute atomic E-state index is 6.06. The third kappa shape index (κ3) is 2.51. The van der Waals surface area contributed by atoms with Crippen LogP contribution in [0.3, 0.4) is 0 Å². The van der Waals surface area contributed by atoms with Crippen molar-refractivity contribution in [3.05, 3.63) is 28.5 Å². The van der Waals surface area contributed by atoms with Crippen LogP contribution in [0.4, 0.5) is 0 Å². The SMILES string of the molecule is N[C@H](CC1CC1)c1ccnc(Br)c1. The molecule has 0 saturated heterocycles. The van der Waals surface area contributed by atoms with Gasteiger partial charge in [-0.1, -0.05) is 12.8 Å². The van der Waals surface area contributed by atoms with Gasteiger partial charge < -0.3 is 5.73 Å². The summed E-state index contributed by atoms with van der Waals surface area (Å²) >= 11 is 3.35. The van der Waals surface area contributed by atoms with Gasteiger partial charge in [0.25, 0.3) is 0 Å². The van der Waals surface area contributed by atoms with Crippen LogP contribution in [-0.4, -0.2) is 4.98 Å². The van der Waals surface area contributed by atoms with Crippen molar-refractivity contribution >= 4 is 15.9 Å². The summed E-state index contributed by atoms with van der Waals surface area (Å²) in [4.78, 5) is 4.08. The maximum atomic E-state index is 6.06. The van der Waals surface area contributed by atoms with Crippen molar-refractivity contribution in [1.82, 2.24) is 4.98 Å². The molecular formula is C10H13BrN2. The first kappa shape index (κ1) is 9.16. The lowest BCUT2D eigenvalue weighted by atomic mass is 10.0. The molecule has 1 aromatic heterocycles. The predicted octanol–water partition coefficient (Wildman–Crippen LogP) is 2.64. The lowest BCUT2D eigenvalue weighted by Crippen LogP contribution is -2.10. The van der Waals surface area contributed by atoms with Crippen LogP contribution in [0, 0.1) is 5.92 Å². The van der Waals surface area contributed by atoms with E-state index in [0.717, 1.165) is 16.9 Å². The molecule has 1 aliphatic carbocycles. The van der Waals surface area contributed by atoms with Crippen molar-refractivity contribution in [2.45, 2.75) is 25.3 Å². The van der Waals surface area contributed by atoms with E-state index < -0.39 is 0 Å². The number of nitrogens with two attached hydrogens (primary N) is 1. The van der Waals surface area contributed by atoms with Gasteiger partial charge in [-0.05, 0) is 46.0 Å². The summed E-state index contributed by atoms with van der Waals surface area (Å²) in [6, 6.07) is 4.19. The minimum Gasteiger partial charge on any atom is -0.324 e. The van der Waals surface area contributed by atoms with E-state index in [4.69, 9.17) is 5.73 Å². The molecule has 1 aromatic rings. The predicted molar refractivity (Wildman–Crippen MR) is 56.2 cm³/mol. The molecule has 1 atom stereocenters. The molecule has 13 heavy (non-hydrogen) atoms. The van der Waals surface area contributed by atoms with Crippen molar-refractivity contribution in [2.75, 3.05) is 0 Å². The van der Waals surface area contributed by atoms with E-state index in [1.807, 2.05) is 12.1 Å². The number of hydrogen-bond donors (Lipinski definition) is 1. The topological polar surface area (TPSA) is 38.9 Å². The molecule has 1 saturated carbocycles. The van der Waals surface area contributed by atoms with Crippen LogP contribution in [0.1, 0.15) is 30.9 Å². The molecule has 0 bridgehead atoms. The average Bonchev–Trinajstić information content (AvgIpc) is 2.88. The highest BCUT2D eigenvalue weighted by Crippen LogP contribution is 2.36. The van der Waals surface area contributed by atoms with Crippen LogP contribution < -0.4 is 5.73 Å². The van der Waals surface area contributed by atoms with Gasteiger partial charge in [-0.25, -0.2) is 4.98 Å². The Kier molecular flexibility index (Phi) is 2.65. The second-order valence-corrected chi connectivity index (χ2v) is 4.51. The summed E-state index contributed by atoms with van der Waals surface area (Å²) in [6.45, 7) is 0. The van der Waals surface area contributed by atoms with E-state index in [-0.39, 0.29) is 6.04 Å². The van der Waals surface area contributed by atoms with Gasteiger partial charge in [0, 0.05) is 12.2 Å². The molecule has 2 N–H and O–H groups in total. The van der Waals surface area contributed by atoms with Gasteiger partial charge in [0.15, 0.2) is 0 Å². The molecule has 0 aliphatic heterocycles. The first-order valence-corrected chi connectivity index (χ1v) is 5.42. The van der Waals surface area contributed by atoms with E-state index in [1.54, 1.807) is 6.20 Å². The summed E-state index contributed by atoms with van der Waals surface area (Å²) in [5.74, 6) is 0.877. The smallest absolute Gasteiger partial charge is 0.106 e. The minimum absolute atomic E-state index is 0.187. The quantitative estimate of drug-likeness (QED) is 0.826. The Balaban J connectivity index is 2.04. The fourth-order valence-corrected chi connectivity index (χ4v) is 1.88. The van der Waals surface area contributed by atoms with Crippen molar-refractivity contribution in [3.8, 4) is 0 Å². The molecule has 2 rings (SSSR count).